The lowest BCUT2D eigenvalue weighted by Crippen LogP contribution is -2.36. The highest BCUT2D eigenvalue weighted by Crippen LogP contribution is 2.40. The van der Waals surface area contributed by atoms with Crippen molar-refractivity contribution < 1.29 is 24.2 Å². The van der Waals surface area contributed by atoms with Crippen LogP contribution in [-0.4, -0.2) is 23.6 Å². The molecule has 6 nitrogen and oxygen atoms in total. The number of ether oxygens (including phenoxy) is 2. The van der Waals surface area contributed by atoms with Crippen molar-refractivity contribution in [2.24, 2.45) is 0 Å². The second-order valence-electron chi connectivity index (χ2n) is 6.09. The number of nitrogens with one attached hydrogen (secondary N) is 1. The predicted octanol–water partition coefficient (Wildman–Crippen LogP) is 2.88. The molecule has 0 bridgehead atoms. The Bertz CT molecular complexity index is 955. The van der Waals surface area contributed by atoms with Crippen LogP contribution < -0.4 is 14.8 Å². The van der Waals surface area contributed by atoms with Gasteiger partial charge in [-0.25, -0.2) is 0 Å². The summed E-state index contributed by atoms with van der Waals surface area (Å²) >= 11 is 5.95. The van der Waals surface area contributed by atoms with Gasteiger partial charge >= 0.3 is 0 Å². The van der Waals surface area contributed by atoms with E-state index < -0.39 is 17.3 Å². The van der Waals surface area contributed by atoms with Crippen LogP contribution in [0.1, 0.15) is 17.5 Å². The number of hydrogen-bond acceptors (Lipinski definition) is 5. The molecule has 2 heterocycles. The molecule has 0 aromatic heterocycles. The molecule has 2 aliphatic heterocycles. The zero-order valence-corrected chi connectivity index (χ0v) is 14.2. The summed E-state index contributed by atoms with van der Waals surface area (Å²) in [6.07, 6.45) is 2.54. The van der Waals surface area contributed by atoms with Crippen molar-refractivity contribution in [1.82, 2.24) is 0 Å². The molecule has 2 aromatic carbocycles. The molecule has 0 fully saturated rings. The summed E-state index contributed by atoms with van der Waals surface area (Å²) in [6, 6.07) is 9.97. The van der Waals surface area contributed by atoms with Crippen LogP contribution in [0.25, 0.3) is 6.08 Å². The Labute approximate surface area is 154 Å². The maximum atomic E-state index is 12.3. The molecular formula is C19H14ClNO5. The molecule has 0 spiro atoms. The number of allylic oxidation sites excluding steroid dienone is 1. The molecule has 1 unspecified atom stereocenters. The smallest absolute Gasteiger partial charge is 0.261 e. The van der Waals surface area contributed by atoms with Crippen molar-refractivity contribution in [2.75, 3.05) is 12.1 Å². The molecule has 0 saturated carbocycles. The maximum absolute atomic E-state index is 12.3. The van der Waals surface area contributed by atoms with E-state index in [4.69, 9.17) is 21.1 Å². The molecule has 4 rings (SSSR count). The molecule has 132 valence electrons. The Hall–Kier alpha value is -2.83. The average Bonchev–Trinajstić information content (AvgIpc) is 3.17. The van der Waals surface area contributed by atoms with Crippen LogP contribution in [0.15, 0.2) is 42.5 Å². The number of hydrogen-bond donors (Lipinski definition) is 2. The second-order valence-corrected chi connectivity index (χ2v) is 6.53. The van der Waals surface area contributed by atoms with E-state index in [1.807, 2.05) is 0 Å². The number of benzene rings is 2. The number of anilines is 1. The van der Waals surface area contributed by atoms with Crippen LogP contribution >= 0.6 is 11.6 Å². The van der Waals surface area contributed by atoms with Gasteiger partial charge < -0.3 is 19.9 Å². The first-order chi connectivity index (χ1) is 12.5. The van der Waals surface area contributed by atoms with Gasteiger partial charge in [0, 0.05) is 16.3 Å². The minimum Gasteiger partial charge on any atom is -0.454 e. The summed E-state index contributed by atoms with van der Waals surface area (Å²) in [6.45, 7) is 0.172. The number of ketones is 1. The van der Waals surface area contributed by atoms with Crippen LogP contribution in [0.3, 0.4) is 0 Å². The molecule has 2 N–H and O–H groups in total. The topological polar surface area (TPSA) is 84.9 Å². The van der Waals surface area contributed by atoms with Gasteiger partial charge in [-0.3, -0.25) is 9.59 Å². The van der Waals surface area contributed by atoms with Crippen molar-refractivity contribution in [3.05, 3.63) is 58.6 Å². The molecule has 2 aromatic rings. The first-order valence-electron chi connectivity index (χ1n) is 7.90. The van der Waals surface area contributed by atoms with Crippen molar-refractivity contribution in [1.29, 1.82) is 0 Å². The van der Waals surface area contributed by atoms with E-state index in [-0.39, 0.29) is 13.2 Å². The van der Waals surface area contributed by atoms with Crippen LogP contribution in [0, 0.1) is 0 Å². The Morgan fingerprint density at radius 2 is 2.04 bits per heavy atom. The van der Waals surface area contributed by atoms with E-state index in [0.29, 0.717) is 27.8 Å². The number of halogens is 1. The first kappa shape index (κ1) is 16.6. The van der Waals surface area contributed by atoms with Crippen molar-refractivity contribution in [2.45, 2.75) is 12.0 Å². The summed E-state index contributed by atoms with van der Waals surface area (Å²) in [5, 5.41) is 13.7. The van der Waals surface area contributed by atoms with Crippen molar-refractivity contribution >= 4 is 35.1 Å². The summed E-state index contributed by atoms with van der Waals surface area (Å²) in [5.41, 5.74) is -0.431. The summed E-state index contributed by atoms with van der Waals surface area (Å²) in [7, 11) is 0. The number of carbonyl (C=O) groups is 2. The standard InChI is InChI=1S/C19H14ClNO5/c20-12-3-5-15-14(8-12)19(24,18(23)21-15)9-13(22)4-1-11-2-6-16-17(7-11)26-10-25-16/h1-8,24H,9-10H2,(H,21,23)/b4-1+. The van der Waals surface area contributed by atoms with Gasteiger partial charge in [-0.15, -0.1) is 0 Å². The zero-order valence-electron chi connectivity index (χ0n) is 13.5. The van der Waals surface area contributed by atoms with Gasteiger partial charge in [0.2, 0.25) is 6.79 Å². The van der Waals surface area contributed by atoms with Crippen molar-refractivity contribution in [3.8, 4) is 11.5 Å². The van der Waals surface area contributed by atoms with Gasteiger partial charge in [0.1, 0.15) is 0 Å². The number of rotatable bonds is 4. The van der Waals surface area contributed by atoms with Crippen LogP contribution in [0.2, 0.25) is 5.02 Å². The third-order valence-electron chi connectivity index (χ3n) is 4.34. The molecule has 1 atom stereocenters. The Morgan fingerprint density at radius 3 is 2.88 bits per heavy atom. The lowest BCUT2D eigenvalue weighted by atomic mass is 9.89. The van der Waals surface area contributed by atoms with E-state index in [0.717, 1.165) is 5.56 Å². The SMILES string of the molecule is O=C(/C=C/c1ccc2c(c1)OCO2)CC1(O)C(=O)Nc2ccc(Cl)cc21. The normalized spacial score (nSPS) is 20.3. The van der Waals surface area contributed by atoms with E-state index in [1.54, 1.807) is 36.4 Å². The molecule has 7 heteroatoms. The number of aliphatic hydroxyl groups is 1. The van der Waals surface area contributed by atoms with E-state index >= 15 is 0 Å². The van der Waals surface area contributed by atoms with E-state index in [2.05, 4.69) is 5.32 Å². The molecule has 2 aliphatic rings. The summed E-state index contributed by atoms with van der Waals surface area (Å²) < 4.78 is 10.5. The van der Waals surface area contributed by atoms with Gasteiger partial charge in [-0.05, 0) is 42.0 Å². The molecule has 26 heavy (non-hydrogen) atoms. The van der Waals surface area contributed by atoms with Crippen LogP contribution in [0.5, 0.6) is 11.5 Å². The Balaban J connectivity index is 1.53. The highest BCUT2D eigenvalue weighted by atomic mass is 35.5. The fourth-order valence-electron chi connectivity index (χ4n) is 3.01. The van der Waals surface area contributed by atoms with Gasteiger partial charge in [-0.1, -0.05) is 23.7 Å². The first-order valence-corrected chi connectivity index (χ1v) is 8.28. The predicted molar refractivity (Wildman–Crippen MR) is 95.2 cm³/mol. The monoisotopic (exact) mass is 371 g/mol. The molecule has 1 amide bonds. The minimum atomic E-state index is -1.93. The zero-order chi connectivity index (χ0) is 18.3. The minimum absolute atomic E-state index is 0.172. The fourth-order valence-corrected chi connectivity index (χ4v) is 3.18. The Morgan fingerprint density at radius 1 is 1.23 bits per heavy atom. The molecular weight excluding hydrogens is 358 g/mol. The third kappa shape index (κ3) is 2.83. The van der Waals surface area contributed by atoms with Crippen LogP contribution in [-0.2, 0) is 15.2 Å². The lowest BCUT2D eigenvalue weighted by molar-refractivity contribution is -0.138. The van der Waals surface area contributed by atoms with E-state index in [9.17, 15) is 14.7 Å². The molecule has 0 saturated heterocycles. The number of fused-ring (bicyclic) bond motifs is 2. The number of amides is 1. The van der Waals surface area contributed by atoms with Gasteiger partial charge in [-0.2, -0.15) is 0 Å². The van der Waals surface area contributed by atoms with Gasteiger partial charge in [0.25, 0.3) is 5.91 Å². The number of carbonyl (C=O) groups excluding carboxylic acids is 2. The third-order valence-corrected chi connectivity index (χ3v) is 4.57. The lowest BCUT2D eigenvalue weighted by Gasteiger charge is -2.19. The molecule has 0 aliphatic carbocycles. The summed E-state index contributed by atoms with van der Waals surface area (Å²) in [5.74, 6) is 0.226. The Kier molecular flexibility index (Phi) is 3.94. The molecule has 0 radical (unpaired) electrons. The highest BCUT2D eigenvalue weighted by molar-refractivity contribution is 6.31. The second kappa shape index (κ2) is 6.16. The average molecular weight is 372 g/mol. The van der Waals surface area contributed by atoms with Crippen molar-refractivity contribution in [3.63, 3.8) is 0 Å². The highest BCUT2D eigenvalue weighted by Gasteiger charge is 2.46. The van der Waals surface area contributed by atoms with Gasteiger partial charge in [0.05, 0.1) is 6.42 Å². The quantitative estimate of drug-likeness (QED) is 0.807. The summed E-state index contributed by atoms with van der Waals surface area (Å²) in [4.78, 5) is 24.5. The largest absolute Gasteiger partial charge is 0.454 e. The fraction of sp³-hybridized carbons (Fsp3) is 0.158. The van der Waals surface area contributed by atoms with Gasteiger partial charge in [0.15, 0.2) is 22.9 Å². The van der Waals surface area contributed by atoms with E-state index in [1.165, 1.54) is 12.1 Å². The van der Waals surface area contributed by atoms with Crippen LogP contribution in [0.4, 0.5) is 5.69 Å². The maximum Gasteiger partial charge on any atom is 0.261 e.